The Kier molecular flexibility index (Phi) is 7.13. The van der Waals surface area contributed by atoms with Gasteiger partial charge in [-0.3, -0.25) is 0 Å². The van der Waals surface area contributed by atoms with E-state index in [0.717, 1.165) is 77.2 Å². The topological polar surface area (TPSA) is 93.1 Å². The quantitative estimate of drug-likeness (QED) is 0.172. The fourth-order valence-corrected chi connectivity index (χ4v) is 8.32. The highest BCUT2D eigenvalue weighted by atomic mass is 16.5. The highest BCUT2D eigenvalue weighted by Crippen LogP contribution is 2.53. The molecule has 0 fully saturated rings. The van der Waals surface area contributed by atoms with Gasteiger partial charge in [0.25, 0.3) is 0 Å². The van der Waals surface area contributed by atoms with Crippen molar-refractivity contribution in [3.63, 3.8) is 0 Å². The highest BCUT2D eigenvalue weighted by molar-refractivity contribution is 6.10. The number of rotatable bonds is 7. The minimum absolute atomic E-state index is 0.196. The van der Waals surface area contributed by atoms with Gasteiger partial charge in [-0.25, -0.2) is 9.59 Å². The third-order valence-electron chi connectivity index (χ3n) is 10.8. The van der Waals surface area contributed by atoms with E-state index in [9.17, 15) is 19.8 Å². The number of fused-ring (bicyclic) bond motifs is 8. The maximum absolute atomic E-state index is 12.2. The molecular formula is C48H30O6. The molecule has 6 heteroatoms. The molecule has 0 bridgehead atoms. The SMILES string of the molecule is O=C(O)c1ccc2c(c1)C(Oc1ccc3ccccc3c1-c1c(OC3c4ccccc4-c4ccc(C(=O)O)cc43)ccc3ccccc13)c1ccccc1-2. The molecule has 8 aromatic carbocycles. The van der Waals surface area contributed by atoms with Crippen LogP contribution < -0.4 is 9.47 Å². The predicted molar refractivity (Wildman–Crippen MR) is 210 cm³/mol. The van der Waals surface area contributed by atoms with Crippen LogP contribution in [-0.2, 0) is 0 Å². The number of ether oxygens (including phenoxy) is 2. The van der Waals surface area contributed by atoms with Crippen molar-refractivity contribution in [2.24, 2.45) is 0 Å². The van der Waals surface area contributed by atoms with Crippen molar-refractivity contribution in [2.75, 3.05) is 0 Å². The molecule has 2 aliphatic rings. The Balaban J connectivity index is 1.20. The summed E-state index contributed by atoms with van der Waals surface area (Å²) in [5, 5.41) is 23.9. The molecule has 2 N–H and O–H groups in total. The second-order valence-electron chi connectivity index (χ2n) is 13.7. The minimum atomic E-state index is -0.998. The maximum atomic E-state index is 12.2. The summed E-state index contributed by atoms with van der Waals surface area (Å²) < 4.78 is 14.3. The Hall–Kier alpha value is -7.18. The molecule has 54 heavy (non-hydrogen) atoms. The van der Waals surface area contributed by atoms with Crippen LogP contribution in [-0.4, -0.2) is 22.2 Å². The van der Waals surface area contributed by atoms with Gasteiger partial charge in [0.1, 0.15) is 11.5 Å². The largest absolute Gasteiger partial charge is 0.480 e. The zero-order chi connectivity index (χ0) is 36.5. The Morgan fingerprint density at radius 2 is 0.796 bits per heavy atom. The van der Waals surface area contributed by atoms with E-state index in [1.807, 2.05) is 109 Å². The number of benzene rings is 8. The third-order valence-corrected chi connectivity index (χ3v) is 10.8. The van der Waals surface area contributed by atoms with E-state index in [4.69, 9.17) is 9.47 Å². The summed E-state index contributed by atoms with van der Waals surface area (Å²) in [6.45, 7) is 0. The van der Waals surface area contributed by atoms with E-state index >= 15 is 0 Å². The van der Waals surface area contributed by atoms with Crippen molar-refractivity contribution >= 4 is 33.5 Å². The van der Waals surface area contributed by atoms with Gasteiger partial charge in [-0.2, -0.15) is 0 Å². The van der Waals surface area contributed by atoms with Crippen LogP contribution in [0.25, 0.3) is 54.9 Å². The molecule has 0 spiro atoms. The summed E-state index contributed by atoms with van der Waals surface area (Å²) in [4.78, 5) is 24.3. The Morgan fingerprint density at radius 3 is 1.24 bits per heavy atom. The monoisotopic (exact) mass is 702 g/mol. The van der Waals surface area contributed by atoms with Crippen LogP contribution in [0.15, 0.2) is 158 Å². The first-order valence-corrected chi connectivity index (χ1v) is 17.7. The van der Waals surface area contributed by atoms with E-state index in [1.54, 1.807) is 24.3 Å². The van der Waals surface area contributed by atoms with E-state index in [1.165, 1.54) is 0 Å². The predicted octanol–water partition coefficient (Wildman–Crippen LogP) is 11.4. The smallest absolute Gasteiger partial charge is 0.335 e. The zero-order valence-electron chi connectivity index (χ0n) is 28.7. The van der Waals surface area contributed by atoms with Crippen molar-refractivity contribution in [2.45, 2.75) is 12.2 Å². The van der Waals surface area contributed by atoms with Crippen LogP contribution >= 0.6 is 0 Å². The molecule has 10 rings (SSSR count). The first kappa shape index (κ1) is 31.5. The number of hydrogen-bond donors (Lipinski definition) is 2. The highest BCUT2D eigenvalue weighted by Gasteiger charge is 2.34. The summed E-state index contributed by atoms with van der Waals surface area (Å²) in [7, 11) is 0. The standard InChI is InChI=1S/C48H30O6/c49-47(50)29-17-21-35-33-13-5-7-15-37(33)45(39(35)25-29)53-41-23-19-27-9-1-3-11-31(27)43(41)44-32-12-4-2-10-28(32)20-24-42(44)54-46-38-16-8-6-14-34(38)36-22-18-30(48(51)52)26-40(36)46/h1-26,45-46H,(H,49,50)(H,51,52). The molecule has 258 valence electrons. The summed E-state index contributed by atoms with van der Waals surface area (Å²) >= 11 is 0. The molecule has 2 unspecified atom stereocenters. The second kappa shape index (κ2) is 12.2. The fourth-order valence-electron chi connectivity index (χ4n) is 8.32. The van der Waals surface area contributed by atoms with E-state index in [-0.39, 0.29) is 11.1 Å². The number of carboxylic acid groups (broad SMARTS) is 2. The fraction of sp³-hybridized carbons (Fsp3) is 0.0417. The summed E-state index contributed by atoms with van der Waals surface area (Å²) in [5.74, 6) is -0.767. The molecule has 0 aliphatic heterocycles. The lowest BCUT2D eigenvalue weighted by Crippen LogP contribution is -2.10. The van der Waals surface area contributed by atoms with Gasteiger partial charge in [-0.1, -0.05) is 121 Å². The molecule has 2 aliphatic carbocycles. The van der Waals surface area contributed by atoms with Crippen molar-refractivity contribution in [3.8, 4) is 44.9 Å². The van der Waals surface area contributed by atoms with Gasteiger partial charge >= 0.3 is 11.9 Å². The van der Waals surface area contributed by atoms with Crippen LogP contribution in [0.3, 0.4) is 0 Å². The summed E-state index contributed by atoms with van der Waals surface area (Å²) in [6, 6.07) is 51.0. The second-order valence-corrected chi connectivity index (χ2v) is 13.7. The number of carboxylic acids is 2. The van der Waals surface area contributed by atoms with Gasteiger partial charge in [0.05, 0.1) is 11.1 Å². The molecule has 0 saturated carbocycles. The lowest BCUT2D eigenvalue weighted by Gasteiger charge is -2.24. The van der Waals surface area contributed by atoms with Crippen LogP contribution in [0.5, 0.6) is 11.5 Å². The van der Waals surface area contributed by atoms with Crippen molar-refractivity contribution in [3.05, 3.63) is 191 Å². The number of aromatic carboxylic acids is 2. The zero-order valence-corrected chi connectivity index (χ0v) is 28.7. The summed E-state index contributed by atoms with van der Waals surface area (Å²) in [5.41, 5.74) is 9.45. The molecule has 0 radical (unpaired) electrons. The third kappa shape index (κ3) is 4.88. The first-order valence-electron chi connectivity index (χ1n) is 17.7. The normalized spacial score (nSPS) is 15.0. The molecule has 0 heterocycles. The van der Waals surface area contributed by atoms with Gasteiger partial charge < -0.3 is 19.7 Å². The Bertz CT molecular complexity index is 2680. The van der Waals surface area contributed by atoms with E-state index in [0.29, 0.717) is 11.5 Å². The lowest BCUT2D eigenvalue weighted by molar-refractivity contribution is 0.0686. The van der Waals surface area contributed by atoms with E-state index in [2.05, 4.69) is 24.3 Å². The average molecular weight is 703 g/mol. The Morgan fingerprint density at radius 1 is 0.407 bits per heavy atom. The van der Waals surface area contributed by atoms with Crippen molar-refractivity contribution in [1.82, 2.24) is 0 Å². The molecule has 0 saturated heterocycles. The summed E-state index contributed by atoms with van der Waals surface area (Å²) in [6.07, 6.45) is -1.14. The number of hydrogen-bond acceptors (Lipinski definition) is 4. The van der Waals surface area contributed by atoms with Crippen LogP contribution in [0.4, 0.5) is 0 Å². The molecule has 0 aromatic heterocycles. The van der Waals surface area contributed by atoms with Gasteiger partial charge in [-0.15, -0.1) is 0 Å². The molecule has 6 nitrogen and oxygen atoms in total. The van der Waals surface area contributed by atoms with Gasteiger partial charge in [-0.05, 0) is 80.2 Å². The first-order chi connectivity index (χ1) is 26.4. The molecule has 8 aromatic rings. The van der Waals surface area contributed by atoms with Gasteiger partial charge in [0.2, 0.25) is 0 Å². The maximum Gasteiger partial charge on any atom is 0.335 e. The van der Waals surface area contributed by atoms with Gasteiger partial charge in [0.15, 0.2) is 12.2 Å². The van der Waals surface area contributed by atoms with Gasteiger partial charge in [0, 0.05) is 33.4 Å². The van der Waals surface area contributed by atoms with Crippen molar-refractivity contribution < 1.29 is 29.3 Å². The molecular weight excluding hydrogens is 673 g/mol. The van der Waals surface area contributed by atoms with Crippen LogP contribution in [0, 0.1) is 0 Å². The lowest BCUT2D eigenvalue weighted by atomic mass is 9.92. The van der Waals surface area contributed by atoms with Crippen LogP contribution in [0.1, 0.15) is 55.2 Å². The van der Waals surface area contributed by atoms with Crippen LogP contribution in [0.2, 0.25) is 0 Å². The molecule has 2 atom stereocenters. The average Bonchev–Trinajstić information content (AvgIpc) is 3.69. The molecule has 0 amide bonds. The minimum Gasteiger partial charge on any atom is -0.480 e. The van der Waals surface area contributed by atoms with Crippen molar-refractivity contribution in [1.29, 1.82) is 0 Å². The Labute approximate surface area is 310 Å². The van der Waals surface area contributed by atoms with E-state index < -0.39 is 24.1 Å². The number of carbonyl (C=O) groups is 2.